The van der Waals surface area contributed by atoms with E-state index in [1.165, 1.54) is 6.33 Å². The third kappa shape index (κ3) is 2.58. The lowest BCUT2D eigenvalue weighted by atomic mass is 10.4. The van der Waals surface area contributed by atoms with E-state index in [2.05, 4.69) is 41.8 Å². The third-order valence-corrected chi connectivity index (χ3v) is 1.32. The summed E-state index contributed by atoms with van der Waals surface area (Å²) in [5, 5.41) is 0. The van der Waals surface area contributed by atoms with Crippen LogP contribution in [0.25, 0.3) is 6.08 Å². The van der Waals surface area contributed by atoms with Crippen LogP contribution < -0.4 is 0 Å². The fraction of sp³-hybridized carbons (Fsp3) is 0. The highest BCUT2D eigenvalue weighted by Crippen LogP contribution is 2.15. The summed E-state index contributed by atoms with van der Waals surface area (Å²) in [5.41, 5.74) is 0.874. The minimum atomic E-state index is 0.874. The lowest BCUT2D eigenvalue weighted by molar-refractivity contribution is 1.15. The molecule has 0 aromatic carbocycles. The first-order valence-corrected chi connectivity index (χ1v) is 4.16. The average Bonchev–Trinajstić information content (AvgIpc) is 1.88. The Balaban J connectivity index is 2.87. The molecule has 1 rings (SSSR count). The lowest BCUT2D eigenvalue weighted by Gasteiger charge is -1.87. The van der Waals surface area contributed by atoms with Crippen LogP contribution >= 0.6 is 31.9 Å². The molecular weight excluding hydrogens is 260 g/mol. The molecule has 0 fully saturated rings. The van der Waals surface area contributed by atoms with Gasteiger partial charge in [-0.3, -0.25) is 0 Å². The zero-order valence-corrected chi connectivity index (χ0v) is 8.13. The van der Waals surface area contributed by atoms with Gasteiger partial charge in [-0.1, -0.05) is 0 Å². The zero-order chi connectivity index (χ0) is 7.40. The maximum atomic E-state index is 3.97. The molecule has 0 N–H and O–H groups in total. The van der Waals surface area contributed by atoms with Gasteiger partial charge in [0, 0.05) is 6.20 Å². The van der Waals surface area contributed by atoms with E-state index in [0.717, 1.165) is 9.09 Å². The van der Waals surface area contributed by atoms with Crippen molar-refractivity contribution in [3.05, 3.63) is 27.7 Å². The summed E-state index contributed by atoms with van der Waals surface area (Å²) in [6, 6.07) is 1.82. The minimum absolute atomic E-state index is 0.874. The Morgan fingerprint density at radius 1 is 1.50 bits per heavy atom. The second-order valence-corrected chi connectivity index (χ2v) is 4.34. The van der Waals surface area contributed by atoms with Crippen LogP contribution in [0.4, 0.5) is 0 Å². The molecule has 1 heterocycles. The molecule has 0 spiro atoms. The number of hydrogen-bond donors (Lipinski definition) is 0. The van der Waals surface area contributed by atoms with Crippen LogP contribution in [0.3, 0.4) is 0 Å². The quantitative estimate of drug-likeness (QED) is 0.778. The summed E-state index contributed by atoms with van der Waals surface area (Å²) >= 11 is 6.46. The maximum absolute atomic E-state index is 3.97. The van der Waals surface area contributed by atoms with Gasteiger partial charge in [0.1, 0.15) is 6.33 Å². The molecule has 0 radical (unpaired) electrons. The molecule has 1 aromatic heterocycles. The second-order valence-electron chi connectivity index (χ2n) is 1.57. The second kappa shape index (κ2) is 3.83. The van der Waals surface area contributed by atoms with Crippen molar-refractivity contribution in [2.24, 2.45) is 0 Å². The Morgan fingerprint density at radius 3 is 2.80 bits per heavy atom. The predicted molar refractivity (Wildman–Crippen MR) is 47.9 cm³/mol. The van der Waals surface area contributed by atoms with Crippen LogP contribution in [0.1, 0.15) is 5.69 Å². The van der Waals surface area contributed by atoms with Crippen LogP contribution in [0.2, 0.25) is 0 Å². The van der Waals surface area contributed by atoms with Crippen molar-refractivity contribution >= 4 is 37.9 Å². The van der Waals surface area contributed by atoms with E-state index < -0.39 is 0 Å². The van der Waals surface area contributed by atoms with Gasteiger partial charge in [-0.25, -0.2) is 9.97 Å². The van der Waals surface area contributed by atoms with Gasteiger partial charge < -0.3 is 0 Å². The molecule has 52 valence electrons. The van der Waals surface area contributed by atoms with Gasteiger partial charge in [-0.05, 0) is 44.0 Å². The topological polar surface area (TPSA) is 25.8 Å². The Labute approximate surface area is 75.6 Å². The standard InChI is InChI=1S/C6H4Br2N2/c7-6(8)3-5-1-2-9-4-10-5/h1-4H. The van der Waals surface area contributed by atoms with Crippen LogP contribution in [0.15, 0.2) is 22.0 Å². The molecular formula is C6H4Br2N2. The summed E-state index contributed by atoms with van der Waals surface area (Å²) in [7, 11) is 0. The molecule has 4 heteroatoms. The first-order valence-electron chi connectivity index (χ1n) is 2.58. The summed E-state index contributed by atoms with van der Waals surface area (Å²) < 4.78 is 0.874. The zero-order valence-electron chi connectivity index (χ0n) is 4.96. The molecule has 0 unspecified atom stereocenters. The number of nitrogens with zero attached hydrogens (tertiary/aromatic N) is 2. The van der Waals surface area contributed by atoms with Crippen molar-refractivity contribution in [1.29, 1.82) is 0 Å². The molecule has 0 atom stereocenters. The SMILES string of the molecule is BrC(Br)=Cc1ccncn1. The molecule has 0 aliphatic rings. The number of halogens is 2. The molecule has 0 aliphatic heterocycles. The Morgan fingerprint density at radius 2 is 2.30 bits per heavy atom. The van der Waals surface area contributed by atoms with Gasteiger partial charge in [0.15, 0.2) is 0 Å². The largest absolute Gasteiger partial charge is 0.245 e. The number of hydrogen-bond acceptors (Lipinski definition) is 2. The van der Waals surface area contributed by atoms with E-state index in [0.29, 0.717) is 0 Å². The van der Waals surface area contributed by atoms with Gasteiger partial charge in [0.25, 0.3) is 0 Å². The summed E-state index contributed by atoms with van der Waals surface area (Å²) in [6.07, 6.45) is 5.05. The van der Waals surface area contributed by atoms with Gasteiger partial charge in [-0.15, -0.1) is 0 Å². The Hall–Kier alpha value is -0.220. The van der Waals surface area contributed by atoms with Crippen molar-refractivity contribution in [2.75, 3.05) is 0 Å². The molecule has 10 heavy (non-hydrogen) atoms. The van der Waals surface area contributed by atoms with Crippen molar-refractivity contribution in [2.45, 2.75) is 0 Å². The molecule has 0 saturated heterocycles. The van der Waals surface area contributed by atoms with Gasteiger partial charge in [0.05, 0.1) is 9.09 Å². The van der Waals surface area contributed by atoms with Gasteiger partial charge in [0.2, 0.25) is 0 Å². The fourth-order valence-corrected chi connectivity index (χ4v) is 0.967. The Kier molecular flexibility index (Phi) is 3.02. The van der Waals surface area contributed by atoms with Crippen LogP contribution in [0.5, 0.6) is 0 Å². The molecule has 0 bridgehead atoms. The van der Waals surface area contributed by atoms with E-state index >= 15 is 0 Å². The van der Waals surface area contributed by atoms with Crippen molar-refractivity contribution in [3.8, 4) is 0 Å². The molecule has 0 saturated carbocycles. The van der Waals surface area contributed by atoms with Crippen LogP contribution in [-0.2, 0) is 0 Å². The predicted octanol–water partition coefficient (Wildman–Crippen LogP) is 2.56. The molecule has 1 aromatic rings. The fourth-order valence-electron chi connectivity index (χ4n) is 0.498. The van der Waals surface area contributed by atoms with Crippen LogP contribution in [-0.4, -0.2) is 9.97 Å². The monoisotopic (exact) mass is 262 g/mol. The van der Waals surface area contributed by atoms with Crippen molar-refractivity contribution < 1.29 is 0 Å². The van der Waals surface area contributed by atoms with Crippen LogP contribution in [0, 0.1) is 0 Å². The number of rotatable bonds is 1. The van der Waals surface area contributed by atoms with Crippen molar-refractivity contribution in [3.63, 3.8) is 0 Å². The van der Waals surface area contributed by atoms with E-state index in [1.807, 2.05) is 12.1 Å². The van der Waals surface area contributed by atoms with E-state index in [4.69, 9.17) is 0 Å². The molecule has 0 aliphatic carbocycles. The lowest BCUT2D eigenvalue weighted by Crippen LogP contribution is -1.79. The van der Waals surface area contributed by atoms with Gasteiger partial charge in [-0.2, -0.15) is 0 Å². The summed E-state index contributed by atoms with van der Waals surface area (Å²) in [6.45, 7) is 0. The third-order valence-electron chi connectivity index (χ3n) is 0.862. The number of aromatic nitrogens is 2. The highest BCUT2D eigenvalue weighted by molar-refractivity contribution is 9.28. The summed E-state index contributed by atoms with van der Waals surface area (Å²) in [5.74, 6) is 0. The van der Waals surface area contributed by atoms with Gasteiger partial charge >= 0.3 is 0 Å². The van der Waals surface area contributed by atoms with Crippen molar-refractivity contribution in [1.82, 2.24) is 9.97 Å². The average molecular weight is 264 g/mol. The normalized spacial score (nSPS) is 9.00. The first-order chi connectivity index (χ1) is 4.79. The van der Waals surface area contributed by atoms with E-state index in [9.17, 15) is 0 Å². The first kappa shape index (κ1) is 7.88. The molecule has 2 nitrogen and oxygen atoms in total. The Bertz CT molecular complexity index is 229. The van der Waals surface area contributed by atoms with E-state index in [-0.39, 0.29) is 0 Å². The maximum Gasteiger partial charge on any atom is 0.115 e. The van der Waals surface area contributed by atoms with E-state index in [1.54, 1.807) is 6.20 Å². The summed E-state index contributed by atoms with van der Waals surface area (Å²) in [4.78, 5) is 7.75. The highest BCUT2D eigenvalue weighted by atomic mass is 79.9. The minimum Gasteiger partial charge on any atom is -0.245 e. The molecule has 0 amide bonds. The smallest absolute Gasteiger partial charge is 0.115 e. The highest BCUT2D eigenvalue weighted by Gasteiger charge is 1.86.